The Labute approximate surface area is 108 Å². The molecule has 0 atom stereocenters. The number of alkyl halides is 2. The molecule has 0 unspecified atom stereocenters. The highest BCUT2D eigenvalue weighted by molar-refractivity contribution is 5.68. The highest BCUT2D eigenvalue weighted by atomic mass is 19.3. The molecule has 5 nitrogen and oxygen atoms in total. The van der Waals surface area contributed by atoms with Crippen molar-refractivity contribution in [2.75, 3.05) is 27.4 Å². The van der Waals surface area contributed by atoms with Crippen molar-refractivity contribution in [3.8, 4) is 11.5 Å². The van der Waals surface area contributed by atoms with E-state index in [0.717, 1.165) is 6.07 Å². The molecule has 0 spiro atoms. The fraction of sp³-hybridized carbons (Fsp3) is 0.417. The van der Waals surface area contributed by atoms with Gasteiger partial charge in [0.2, 0.25) is 0 Å². The Morgan fingerprint density at radius 3 is 2.53 bits per heavy atom. The minimum Gasteiger partial charge on any atom is -0.497 e. The van der Waals surface area contributed by atoms with Crippen LogP contribution in [0.15, 0.2) is 18.2 Å². The van der Waals surface area contributed by atoms with Gasteiger partial charge in [-0.15, -0.1) is 0 Å². The van der Waals surface area contributed by atoms with Gasteiger partial charge in [0, 0.05) is 6.07 Å². The highest BCUT2D eigenvalue weighted by Gasteiger charge is 2.35. The van der Waals surface area contributed by atoms with Crippen LogP contribution in [0.2, 0.25) is 0 Å². The summed E-state index contributed by atoms with van der Waals surface area (Å²) in [6.07, 6.45) is 0. The number of methoxy groups -OCH3 is 2. The molecule has 0 radical (unpaired) electrons. The van der Waals surface area contributed by atoms with Gasteiger partial charge in [0.1, 0.15) is 24.7 Å². The standard InChI is InChI=1S/C12H14F2O5/c1-17-8-3-4-9(10(5-8)18-2)12(13,14)7-19-6-11(15)16/h3-5H,6-7H2,1-2H3,(H,15,16). The van der Waals surface area contributed by atoms with Crippen molar-refractivity contribution in [3.05, 3.63) is 23.8 Å². The number of benzene rings is 1. The second-order valence-corrected chi connectivity index (χ2v) is 3.66. The summed E-state index contributed by atoms with van der Waals surface area (Å²) < 4.78 is 41.9. The van der Waals surface area contributed by atoms with Gasteiger partial charge in [-0.05, 0) is 12.1 Å². The fourth-order valence-corrected chi connectivity index (χ4v) is 1.44. The predicted molar refractivity (Wildman–Crippen MR) is 61.9 cm³/mol. The van der Waals surface area contributed by atoms with Crippen molar-refractivity contribution < 1.29 is 32.9 Å². The van der Waals surface area contributed by atoms with Crippen LogP contribution in [0.5, 0.6) is 11.5 Å². The fourth-order valence-electron chi connectivity index (χ4n) is 1.44. The van der Waals surface area contributed by atoms with Crippen LogP contribution in [0.25, 0.3) is 0 Å². The van der Waals surface area contributed by atoms with Crippen molar-refractivity contribution in [2.45, 2.75) is 5.92 Å². The summed E-state index contributed by atoms with van der Waals surface area (Å²) in [7, 11) is 2.66. The number of carboxylic acid groups (broad SMARTS) is 1. The average molecular weight is 276 g/mol. The Hall–Kier alpha value is -1.89. The maximum atomic E-state index is 13.9. The molecular formula is C12H14F2O5. The first-order chi connectivity index (χ1) is 8.90. The summed E-state index contributed by atoms with van der Waals surface area (Å²) in [6, 6.07) is 3.84. The van der Waals surface area contributed by atoms with Crippen molar-refractivity contribution in [1.29, 1.82) is 0 Å². The molecule has 0 aliphatic carbocycles. The molecule has 0 amide bonds. The topological polar surface area (TPSA) is 65.0 Å². The lowest BCUT2D eigenvalue weighted by molar-refractivity contribution is -0.147. The lowest BCUT2D eigenvalue weighted by Crippen LogP contribution is -2.24. The van der Waals surface area contributed by atoms with Crippen LogP contribution in [-0.2, 0) is 15.5 Å². The normalized spacial score (nSPS) is 11.2. The summed E-state index contributed by atoms with van der Waals surface area (Å²) in [5.74, 6) is -4.34. The molecule has 1 aromatic rings. The molecule has 7 heteroatoms. The van der Waals surface area contributed by atoms with Gasteiger partial charge in [-0.1, -0.05) is 0 Å². The predicted octanol–water partition coefficient (Wildman–Crippen LogP) is 1.90. The number of aliphatic carboxylic acids is 1. The molecule has 1 N–H and O–H groups in total. The van der Waals surface area contributed by atoms with E-state index in [9.17, 15) is 13.6 Å². The van der Waals surface area contributed by atoms with Crippen LogP contribution in [0.1, 0.15) is 5.56 Å². The zero-order valence-electron chi connectivity index (χ0n) is 10.5. The SMILES string of the molecule is COc1ccc(C(F)(F)COCC(=O)O)c(OC)c1. The summed E-state index contributed by atoms with van der Waals surface area (Å²) in [6.45, 7) is -1.82. The largest absolute Gasteiger partial charge is 0.497 e. The molecule has 1 rings (SSSR count). The van der Waals surface area contributed by atoms with Crippen LogP contribution in [-0.4, -0.2) is 38.5 Å². The van der Waals surface area contributed by atoms with E-state index in [-0.39, 0.29) is 11.3 Å². The molecule has 0 aromatic heterocycles. The molecule has 0 saturated heterocycles. The van der Waals surface area contributed by atoms with E-state index in [1.165, 1.54) is 26.4 Å². The Morgan fingerprint density at radius 2 is 2.00 bits per heavy atom. The van der Waals surface area contributed by atoms with Gasteiger partial charge < -0.3 is 19.3 Å². The first kappa shape index (κ1) is 15.2. The van der Waals surface area contributed by atoms with E-state index in [0.29, 0.717) is 5.75 Å². The van der Waals surface area contributed by atoms with E-state index in [2.05, 4.69) is 4.74 Å². The number of halogens is 2. The van der Waals surface area contributed by atoms with Gasteiger partial charge >= 0.3 is 5.97 Å². The number of carbonyl (C=O) groups is 1. The van der Waals surface area contributed by atoms with Crippen molar-refractivity contribution >= 4 is 5.97 Å². The van der Waals surface area contributed by atoms with Gasteiger partial charge in [-0.3, -0.25) is 0 Å². The average Bonchev–Trinajstić information content (AvgIpc) is 2.37. The molecule has 0 saturated carbocycles. The van der Waals surface area contributed by atoms with Crippen molar-refractivity contribution in [3.63, 3.8) is 0 Å². The molecule has 106 valence electrons. The van der Waals surface area contributed by atoms with Crippen LogP contribution in [0, 0.1) is 0 Å². The first-order valence-corrected chi connectivity index (χ1v) is 5.30. The second kappa shape index (κ2) is 6.33. The quantitative estimate of drug-likeness (QED) is 0.824. The molecule has 0 heterocycles. The van der Waals surface area contributed by atoms with Crippen LogP contribution < -0.4 is 9.47 Å². The van der Waals surface area contributed by atoms with Crippen molar-refractivity contribution in [1.82, 2.24) is 0 Å². The van der Waals surface area contributed by atoms with Gasteiger partial charge in [-0.2, -0.15) is 8.78 Å². The van der Waals surface area contributed by atoms with E-state index in [4.69, 9.17) is 14.6 Å². The molecule has 0 bridgehead atoms. The molecule has 0 aliphatic heterocycles. The van der Waals surface area contributed by atoms with Gasteiger partial charge in [0.05, 0.1) is 19.8 Å². The Bertz CT molecular complexity index is 448. The van der Waals surface area contributed by atoms with Gasteiger partial charge in [0.15, 0.2) is 0 Å². The van der Waals surface area contributed by atoms with Gasteiger partial charge in [-0.25, -0.2) is 4.79 Å². The van der Waals surface area contributed by atoms with E-state index in [1.54, 1.807) is 0 Å². The van der Waals surface area contributed by atoms with Crippen LogP contribution >= 0.6 is 0 Å². The maximum Gasteiger partial charge on any atom is 0.329 e. The monoisotopic (exact) mass is 276 g/mol. The smallest absolute Gasteiger partial charge is 0.329 e. The van der Waals surface area contributed by atoms with Crippen molar-refractivity contribution in [2.24, 2.45) is 0 Å². The zero-order valence-corrected chi connectivity index (χ0v) is 10.5. The van der Waals surface area contributed by atoms with E-state index >= 15 is 0 Å². The van der Waals surface area contributed by atoms with Crippen LogP contribution in [0.4, 0.5) is 8.78 Å². The van der Waals surface area contributed by atoms with E-state index in [1.807, 2.05) is 0 Å². The Kier molecular flexibility index (Phi) is 5.05. The molecule has 1 aromatic carbocycles. The Balaban J connectivity index is 2.89. The van der Waals surface area contributed by atoms with Gasteiger partial charge in [0.25, 0.3) is 5.92 Å². The number of hydrogen-bond acceptors (Lipinski definition) is 4. The lowest BCUT2D eigenvalue weighted by atomic mass is 10.1. The summed E-state index contributed by atoms with van der Waals surface area (Å²) in [5, 5.41) is 8.34. The summed E-state index contributed by atoms with van der Waals surface area (Å²) in [5.41, 5.74) is -0.388. The van der Waals surface area contributed by atoms with E-state index < -0.39 is 25.1 Å². The number of rotatable bonds is 7. The highest BCUT2D eigenvalue weighted by Crippen LogP contribution is 2.37. The number of hydrogen-bond donors (Lipinski definition) is 1. The minimum absolute atomic E-state index is 0.0525. The number of carboxylic acids is 1. The third kappa shape index (κ3) is 4.06. The molecular weight excluding hydrogens is 262 g/mol. The second-order valence-electron chi connectivity index (χ2n) is 3.66. The third-order valence-electron chi connectivity index (χ3n) is 2.31. The van der Waals surface area contributed by atoms with Crippen LogP contribution in [0.3, 0.4) is 0 Å². The third-order valence-corrected chi connectivity index (χ3v) is 2.31. The number of ether oxygens (including phenoxy) is 3. The molecule has 0 fully saturated rings. The lowest BCUT2D eigenvalue weighted by Gasteiger charge is -2.19. The summed E-state index contributed by atoms with van der Waals surface area (Å²) in [4.78, 5) is 10.2. The Morgan fingerprint density at radius 1 is 1.32 bits per heavy atom. The zero-order chi connectivity index (χ0) is 14.5. The summed E-state index contributed by atoms with van der Waals surface area (Å²) >= 11 is 0. The first-order valence-electron chi connectivity index (χ1n) is 5.30. The maximum absolute atomic E-state index is 13.9. The minimum atomic E-state index is -3.35. The molecule has 0 aliphatic rings. The molecule has 19 heavy (non-hydrogen) atoms.